The Morgan fingerprint density at radius 3 is 2.48 bits per heavy atom. The van der Waals surface area contributed by atoms with E-state index >= 15 is 0 Å². The molecule has 3 rings (SSSR count). The molecule has 1 aliphatic heterocycles. The molecular formula is C18H19ClN2O2. The molecule has 2 N–H and O–H groups in total. The maximum Gasteiger partial charge on any atom is 0.247 e. The van der Waals surface area contributed by atoms with Crippen LogP contribution in [0.3, 0.4) is 0 Å². The van der Waals surface area contributed by atoms with Gasteiger partial charge in [-0.1, -0.05) is 42.8 Å². The van der Waals surface area contributed by atoms with Gasteiger partial charge in [-0.05, 0) is 35.7 Å². The zero-order chi connectivity index (χ0) is 16.6. The number of hydrogen-bond donors (Lipinski definition) is 1. The van der Waals surface area contributed by atoms with Gasteiger partial charge in [-0.15, -0.1) is 0 Å². The lowest BCUT2D eigenvalue weighted by atomic mass is 9.88. The Hall–Kier alpha value is -2.04. The lowest BCUT2D eigenvalue weighted by Gasteiger charge is -2.45. The smallest absolute Gasteiger partial charge is 0.247 e. The number of β-lactam (4-membered cyclic amide) rings is 1. The minimum atomic E-state index is -0.525. The van der Waals surface area contributed by atoms with Gasteiger partial charge in [0.2, 0.25) is 5.91 Å². The Balaban J connectivity index is 1.93. The molecule has 0 aliphatic carbocycles. The molecular weight excluding hydrogens is 312 g/mol. The largest absolute Gasteiger partial charge is 0.495 e. The van der Waals surface area contributed by atoms with Crippen molar-refractivity contribution in [2.75, 3.05) is 12.0 Å². The van der Waals surface area contributed by atoms with Gasteiger partial charge in [-0.3, -0.25) is 4.79 Å². The number of carbonyl (C=O) groups excluding carboxylic acids is 1. The van der Waals surface area contributed by atoms with Crippen molar-refractivity contribution in [2.24, 2.45) is 5.73 Å². The quantitative estimate of drug-likeness (QED) is 0.875. The molecule has 0 spiro atoms. The van der Waals surface area contributed by atoms with Crippen molar-refractivity contribution in [3.05, 3.63) is 58.6 Å². The summed E-state index contributed by atoms with van der Waals surface area (Å²) in [4.78, 5) is 14.0. The van der Waals surface area contributed by atoms with Crippen molar-refractivity contribution >= 4 is 23.2 Å². The molecule has 2 aromatic rings. The van der Waals surface area contributed by atoms with Gasteiger partial charge in [-0.2, -0.15) is 0 Å². The van der Waals surface area contributed by atoms with Crippen molar-refractivity contribution in [1.82, 2.24) is 0 Å². The minimum Gasteiger partial charge on any atom is -0.495 e. The highest BCUT2D eigenvalue weighted by atomic mass is 35.5. The third-order valence-corrected chi connectivity index (χ3v) is 4.58. The maximum absolute atomic E-state index is 12.3. The monoisotopic (exact) mass is 330 g/mol. The molecule has 1 amide bonds. The second-order valence-electron chi connectivity index (χ2n) is 5.59. The van der Waals surface area contributed by atoms with Crippen molar-refractivity contribution in [3.63, 3.8) is 0 Å². The van der Waals surface area contributed by atoms with E-state index in [9.17, 15) is 4.79 Å². The van der Waals surface area contributed by atoms with E-state index < -0.39 is 6.04 Å². The van der Waals surface area contributed by atoms with E-state index in [4.69, 9.17) is 22.1 Å². The molecule has 1 aliphatic rings. The fraction of sp³-hybridized carbons (Fsp3) is 0.278. The van der Waals surface area contributed by atoms with Gasteiger partial charge >= 0.3 is 0 Å². The molecule has 0 unspecified atom stereocenters. The van der Waals surface area contributed by atoms with E-state index in [1.807, 2.05) is 18.2 Å². The molecule has 120 valence electrons. The molecule has 0 radical (unpaired) electrons. The highest BCUT2D eigenvalue weighted by molar-refractivity contribution is 6.32. The summed E-state index contributed by atoms with van der Waals surface area (Å²) >= 11 is 6.18. The predicted octanol–water partition coefficient (Wildman–Crippen LogP) is 3.33. The fourth-order valence-corrected chi connectivity index (χ4v) is 3.16. The third-order valence-electron chi connectivity index (χ3n) is 4.28. The van der Waals surface area contributed by atoms with Gasteiger partial charge in [0.25, 0.3) is 0 Å². The summed E-state index contributed by atoms with van der Waals surface area (Å²) in [6.07, 6.45) is 0.980. The van der Waals surface area contributed by atoms with Crippen molar-refractivity contribution in [3.8, 4) is 5.75 Å². The summed E-state index contributed by atoms with van der Waals surface area (Å²) in [7, 11) is 1.56. The van der Waals surface area contributed by atoms with Crippen LogP contribution in [0.15, 0.2) is 42.5 Å². The Bertz CT molecular complexity index is 730. The number of carbonyl (C=O) groups is 1. The molecule has 0 saturated carbocycles. The molecule has 0 aromatic heterocycles. The number of halogens is 1. The second kappa shape index (κ2) is 6.22. The highest BCUT2D eigenvalue weighted by Gasteiger charge is 2.46. The summed E-state index contributed by atoms with van der Waals surface area (Å²) in [5.41, 5.74) is 9.06. The SMILES string of the molecule is CCc1ccc([C@H]2[C@H](N)C(=O)N2c2ccc(OC)c(Cl)c2)cc1. The van der Waals surface area contributed by atoms with Crippen LogP contribution in [-0.4, -0.2) is 19.1 Å². The number of nitrogens with two attached hydrogens (primary N) is 1. The molecule has 1 saturated heterocycles. The Labute approximate surface area is 140 Å². The average molecular weight is 331 g/mol. The zero-order valence-corrected chi connectivity index (χ0v) is 13.9. The van der Waals surface area contributed by atoms with Gasteiger partial charge < -0.3 is 15.4 Å². The number of hydrogen-bond acceptors (Lipinski definition) is 3. The lowest BCUT2D eigenvalue weighted by molar-refractivity contribution is -0.126. The van der Waals surface area contributed by atoms with Gasteiger partial charge in [0.15, 0.2) is 0 Å². The third kappa shape index (κ3) is 2.69. The minimum absolute atomic E-state index is 0.101. The van der Waals surface area contributed by atoms with Crippen molar-refractivity contribution < 1.29 is 9.53 Å². The predicted molar refractivity (Wildman–Crippen MR) is 92.0 cm³/mol. The first-order chi connectivity index (χ1) is 11.1. The second-order valence-corrected chi connectivity index (χ2v) is 6.00. The van der Waals surface area contributed by atoms with E-state index in [2.05, 4.69) is 19.1 Å². The lowest BCUT2D eigenvalue weighted by Crippen LogP contribution is -2.63. The number of aryl methyl sites for hydroxylation is 1. The number of ether oxygens (including phenoxy) is 1. The first-order valence-electron chi connectivity index (χ1n) is 7.57. The van der Waals surface area contributed by atoms with Crippen LogP contribution in [0.5, 0.6) is 5.75 Å². The zero-order valence-electron chi connectivity index (χ0n) is 13.1. The molecule has 5 heteroatoms. The number of amides is 1. The molecule has 2 atom stereocenters. The van der Waals surface area contributed by atoms with Crippen LogP contribution in [0.4, 0.5) is 5.69 Å². The van der Waals surface area contributed by atoms with E-state index in [-0.39, 0.29) is 11.9 Å². The Kier molecular flexibility index (Phi) is 4.28. The summed E-state index contributed by atoms with van der Waals surface area (Å²) in [6.45, 7) is 2.11. The van der Waals surface area contributed by atoms with Crippen LogP contribution in [0.2, 0.25) is 5.02 Å². The molecule has 0 bridgehead atoms. The number of rotatable bonds is 4. The van der Waals surface area contributed by atoms with E-state index in [1.165, 1.54) is 5.56 Å². The van der Waals surface area contributed by atoms with Crippen LogP contribution < -0.4 is 15.4 Å². The molecule has 1 fully saturated rings. The van der Waals surface area contributed by atoms with Crippen LogP contribution in [0.1, 0.15) is 24.1 Å². The van der Waals surface area contributed by atoms with Crippen molar-refractivity contribution in [2.45, 2.75) is 25.4 Å². The number of benzene rings is 2. The van der Waals surface area contributed by atoms with Gasteiger partial charge in [0.1, 0.15) is 11.8 Å². The summed E-state index contributed by atoms with van der Waals surface area (Å²) < 4.78 is 5.16. The summed E-state index contributed by atoms with van der Waals surface area (Å²) in [5.74, 6) is 0.479. The Morgan fingerprint density at radius 2 is 1.91 bits per heavy atom. The van der Waals surface area contributed by atoms with E-state index in [1.54, 1.807) is 24.1 Å². The van der Waals surface area contributed by atoms with Gasteiger partial charge in [0, 0.05) is 5.69 Å². The highest BCUT2D eigenvalue weighted by Crippen LogP contribution is 2.40. The topological polar surface area (TPSA) is 55.6 Å². The fourth-order valence-electron chi connectivity index (χ4n) is 2.91. The normalized spacial score (nSPS) is 20.3. The maximum atomic E-state index is 12.3. The standard InChI is InChI=1S/C18H19ClN2O2/c1-3-11-4-6-12(7-5-11)17-16(20)18(22)21(17)13-8-9-15(23-2)14(19)10-13/h4-10,16-17H,3,20H2,1-2H3/t16-,17-/m0/s1. The molecule has 2 aromatic carbocycles. The number of methoxy groups -OCH3 is 1. The average Bonchev–Trinajstić information content (AvgIpc) is 2.58. The number of nitrogens with zero attached hydrogens (tertiary/aromatic N) is 1. The summed E-state index contributed by atoms with van der Waals surface area (Å²) in [6, 6.07) is 12.8. The first kappa shape index (κ1) is 15.8. The van der Waals surface area contributed by atoms with Crippen LogP contribution >= 0.6 is 11.6 Å². The van der Waals surface area contributed by atoms with Gasteiger partial charge in [0.05, 0.1) is 18.2 Å². The Morgan fingerprint density at radius 1 is 1.22 bits per heavy atom. The molecule has 4 nitrogen and oxygen atoms in total. The van der Waals surface area contributed by atoms with Gasteiger partial charge in [-0.25, -0.2) is 0 Å². The van der Waals surface area contributed by atoms with Crippen molar-refractivity contribution in [1.29, 1.82) is 0 Å². The molecule has 1 heterocycles. The number of anilines is 1. The first-order valence-corrected chi connectivity index (χ1v) is 7.95. The van der Waals surface area contributed by atoms with Crippen LogP contribution in [0.25, 0.3) is 0 Å². The summed E-state index contributed by atoms with van der Waals surface area (Å²) in [5, 5.41) is 0.471. The molecule has 23 heavy (non-hydrogen) atoms. The van der Waals surface area contributed by atoms with Crippen LogP contribution in [-0.2, 0) is 11.2 Å². The van der Waals surface area contributed by atoms with Crippen LogP contribution in [0, 0.1) is 0 Å². The van der Waals surface area contributed by atoms with E-state index in [0.29, 0.717) is 10.8 Å². The van der Waals surface area contributed by atoms with E-state index in [0.717, 1.165) is 17.7 Å².